The summed E-state index contributed by atoms with van der Waals surface area (Å²) in [5.74, 6) is -2.06. The van der Waals surface area contributed by atoms with Gasteiger partial charge in [0.15, 0.2) is 0 Å². The third kappa shape index (κ3) is 4.78. The predicted molar refractivity (Wildman–Crippen MR) is 173 cm³/mol. The number of hydrogen-bond acceptors (Lipinski definition) is 7. The zero-order valence-corrected chi connectivity index (χ0v) is 26.8. The van der Waals surface area contributed by atoms with Gasteiger partial charge >= 0.3 is 0 Å². The Morgan fingerprint density at radius 3 is 2.55 bits per heavy atom. The molecule has 1 aromatic heterocycles. The number of aliphatic hydroxyl groups excluding tert-OH is 1. The van der Waals surface area contributed by atoms with Gasteiger partial charge in [0, 0.05) is 30.2 Å². The molecule has 0 aliphatic carbocycles. The topological polar surface area (TPSA) is 112 Å². The van der Waals surface area contributed by atoms with Gasteiger partial charge in [-0.2, -0.15) is 0 Å². The van der Waals surface area contributed by atoms with E-state index in [2.05, 4.69) is 39.4 Å². The van der Waals surface area contributed by atoms with E-state index >= 15 is 0 Å². The van der Waals surface area contributed by atoms with E-state index in [-0.39, 0.29) is 47.6 Å². The lowest BCUT2D eigenvalue weighted by atomic mass is 9.70. The standard InChI is InChI=1S/C32H35BrN6O4S/c1-4-15-36(3)29(41)25-26-30(42)39(24(18-40)20-11-7-6-8-12-20)28(32(26)17-21(33)27(25)44-32)31(43)37(16-5-2)19-38-23-14-10-9-13-22(23)34-35-38/h4-14,21,24-28,40H,1-2,15-19H2,3H3/t21?,24-,25+,26+,27+,28?,32?/m1/s1. The predicted octanol–water partition coefficient (Wildman–Crippen LogP) is 3.25. The van der Waals surface area contributed by atoms with Crippen LogP contribution in [0.5, 0.6) is 0 Å². The zero-order chi connectivity index (χ0) is 31.2. The van der Waals surface area contributed by atoms with Crippen molar-refractivity contribution < 1.29 is 19.5 Å². The number of carbonyl (C=O) groups excluding carboxylic acids is 3. The Morgan fingerprint density at radius 1 is 1.14 bits per heavy atom. The largest absolute Gasteiger partial charge is 0.394 e. The number of likely N-dealkylation sites (N-methyl/N-ethyl adjacent to an activating group) is 1. The van der Waals surface area contributed by atoms with E-state index < -0.39 is 28.7 Å². The van der Waals surface area contributed by atoms with E-state index in [1.54, 1.807) is 50.3 Å². The Bertz CT molecular complexity index is 1600. The molecule has 7 atom stereocenters. The summed E-state index contributed by atoms with van der Waals surface area (Å²) in [6.45, 7) is 7.94. The number of aliphatic hydroxyl groups is 1. The van der Waals surface area contributed by atoms with Crippen LogP contribution in [-0.2, 0) is 21.1 Å². The van der Waals surface area contributed by atoms with Crippen molar-refractivity contribution in [1.29, 1.82) is 0 Å². The van der Waals surface area contributed by atoms with Crippen LogP contribution in [0.1, 0.15) is 18.0 Å². The molecule has 4 heterocycles. The van der Waals surface area contributed by atoms with Crippen LogP contribution in [0, 0.1) is 11.8 Å². The molecule has 3 fully saturated rings. The molecule has 12 heteroatoms. The average Bonchev–Trinajstić information content (AvgIpc) is 3.75. The van der Waals surface area contributed by atoms with Gasteiger partial charge < -0.3 is 19.8 Å². The number of aromatic nitrogens is 3. The molecule has 0 saturated carbocycles. The Hall–Kier alpha value is -3.48. The molecular weight excluding hydrogens is 644 g/mol. The first-order valence-electron chi connectivity index (χ1n) is 14.6. The zero-order valence-electron chi connectivity index (χ0n) is 24.4. The second kappa shape index (κ2) is 12.1. The summed E-state index contributed by atoms with van der Waals surface area (Å²) in [5, 5.41) is 19.2. The summed E-state index contributed by atoms with van der Waals surface area (Å²) in [7, 11) is 1.71. The number of benzene rings is 2. The first-order chi connectivity index (χ1) is 21.3. The average molecular weight is 680 g/mol. The fourth-order valence-corrected chi connectivity index (χ4v) is 10.8. The van der Waals surface area contributed by atoms with Gasteiger partial charge in [0.25, 0.3) is 0 Å². The van der Waals surface area contributed by atoms with Crippen LogP contribution in [0.3, 0.4) is 0 Å². The van der Waals surface area contributed by atoms with E-state index in [0.717, 1.165) is 11.1 Å². The van der Waals surface area contributed by atoms with Gasteiger partial charge in [0.1, 0.15) is 18.2 Å². The first kappa shape index (κ1) is 30.5. The highest BCUT2D eigenvalue weighted by atomic mass is 79.9. The fourth-order valence-electron chi connectivity index (χ4n) is 7.26. The first-order valence-corrected chi connectivity index (χ1v) is 16.4. The summed E-state index contributed by atoms with van der Waals surface area (Å²) in [6.07, 6.45) is 3.84. The van der Waals surface area contributed by atoms with Crippen LogP contribution < -0.4 is 0 Å². The number of nitrogens with zero attached hydrogens (tertiary/aromatic N) is 6. The van der Waals surface area contributed by atoms with Crippen molar-refractivity contribution in [3.63, 3.8) is 0 Å². The van der Waals surface area contributed by atoms with Gasteiger partial charge in [0.2, 0.25) is 17.7 Å². The summed E-state index contributed by atoms with van der Waals surface area (Å²) in [6, 6.07) is 15.1. The number of para-hydroxylation sites is 1. The summed E-state index contributed by atoms with van der Waals surface area (Å²) >= 11 is 5.40. The minimum absolute atomic E-state index is 0.0747. The summed E-state index contributed by atoms with van der Waals surface area (Å²) in [5.41, 5.74) is 2.20. The van der Waals surface area contributed by atoms with Crippen LogP contribution in [0.15, 0.2) is 79.9 Å². The van der Waals surface area contributed by atoms with Crippen LogP contribution in [0.2, 0.25) is 0 Å². The molecule has 44 heavy (non-hydrogen) atoms. The number of thioether (sulfide) groups is 1. The minimum Gasteiger partial charge on any atom is -0.394 e. The van der Waals surface area contributed by atoms with E-state index in [1.165, 1.54) is 0 Å². The van der Waals surface area contributed by atoms with E-state index in [4.69, 9.17) is 0 Å². The molecule has 1 spiro atoms. The van der Waals surface area contributed by atoms with Crippen molar-refractivity contribution in [2.45, 2.75) is 40.0 Å². The number of likely N-dealkylation sites (tertiary alicyclic amines) is 1. The molecule has 3 aromatic rings. The number of rotatable bonds is 11. The van der Waals surface area contributed by atoms with Crippen molar-refractivity contribution in [3.05, 3.63) is 85.5 Å². The maximum atomic E-state index is 15.0. The Kier molecular flexibility index (Phi) is 8.42. The lowest BCUT2D eigenvalue weighted by molar-refractivity contribution is -0.147. The second-order valence-corrected chi connectivity index (χ2v) is 14.3. The maximum Gasteiger partial charge on any atom is 0.248 e. The molecule has 3 unspecified atom stereocenters. The van der Waals surface area contributed by atoms with Crippen LogP contribution in [-0.4, -0.2) is 100 Å². The van der Waals surface area contributed by atoms with Gasteiger partial charge in [-0.15, -0.1) is 30.0 Å². The monoisotopic (exact) mass is 678 g/mol. The molecule has 0 radical (unpaired) electrons. The number of alkyl halides is 1. The molecular formula is C32H35BrN6O4S. The SMILES string of the molecule is C=CCN(C)C(=O)[C@H]1[C@H]2C(=O)N([C@H](CO)c3ccccc3)C(C(=O)N(CC=C)Cn3nnc4ccccc43)C23CC(Br)[C@@H]1S3. The molecule has 3 amide bonds. The van der Waals surface area contributed by atoms with Gasteiger partial charge in [0.05, 0.1) is 34.7 Å². The lowest BCUT2D eigenvalue weighted by Crippen LogP contribution is -2.56. The second-order valence-electron chi connectivity index (χ2n) is 11.6. The van der Waals surface area contributed by atoms with Crippen LogP contribution >= 0.6 is 27.7 Å². The fraction of sp³-hybridized carbons (Fsp3) is 0.406. The quantitative estimate of drug-likeness (QED) is 0.245. The summed E-state index contributed by atoms with van der Waals surface area (Å²) < 4.78 is 0.783. The Labute approximate surface area is 268 Å². The van der Waals surface area contributed by atoms with Gasteiger partial charge in [-0.25, -0.2) is 4.68 Å². The van der Waals surface area contributed by atoms with Crippen LogP contribution in [0.25, 0.3) is 11.0 Å². The number of fused-ring (bicyclic) bond motifs is 2. The smallest absolute Gasteiger partial charge is 0.248 e. The molecule has 1 N–H and O–H groups in total. The number of carbonyl (C=O) groups is 3. The Balaban J connectivity index is 1.46. The third-order valence-corrected chi connectivity index (χ3v) is 12.3. The third-order valence-electron chi connectivity index (χ3n) is 9.10. The van der Waals surface area contributed by atoms with Crippen molar-refractivity contribution in [3.8, 4) is 0 Å². The van der Waals surface area contributed by atoms with Gasteiger partial charge in [-0.3, -0.25) is 14.4 Å². The molecule has 10 nitrogen and oxygen atoms in total. The molecule has 230 valence electrons. The van der Waals surface area contributed by atoms with Crippen molar-refractivity contribution in [2.24, 2.45) is 11.8 Å². The number of hydrogen-bond donors (Lipinski definition) is 1. The van der Waals surface area contributed by atoms with Gasteiger partial charge in [-0.05, 0) is 24.1 Å². The molecule has 3 aliphatic heterocycles. The highest BCUT2D eigenvalue weighted by molar-refractivity contribution is 9.09. The van der Waals surface area contributed by atoms with E-state index in [1.807, 2.05) is 54.6 Å². The van der Waals surface area contributed by atoms with E-state index in [9.17, 15) is 19.5 Å². The Morgan fingerprint density at radius 2 is 1.84 bits per heavy atom. The number of halogens is 1. The number of amides is 3. The van der Waals surface area contributed by atoms with E-state index in [0.29, 0.717) is 18.5 Å². The highest BCUT2D eigenvalue weighted by Gasteiger charge is 2.76. The maximum absolute atomic E-state index is 15.0. The molecule has 3 saturated heterocycles. The minimum atomic E-state index is -0.940. The van der Waals surface area contributed by atoms with Crippen molar-refractivity contribution in [1.82, 2.24) is 29.7 Å². The van der Waals surface area contributed by atoms with Crippen molar-refractivity contribution >= 4 is 56.4 Å². The summed E-state index contributed by atoms with van der Waals surface area (Å²) in [4.78, 5) is 48.3. The highest BCUT2D eigenvalue weighted by Crippen LogP contribution is 2.68. The van der Waals surface area contributed by atoms with Crippen LogP contribution in [0.4, 0.5) is 0 Å². The molecule has 3 aliphatic rings. The molecule has 2 bridgehead atoms. The molecule has 6 rings (SSSR count). The lowest BCUT2D eigenvalue weighted by Gasteiger charge is -2.40. The normalized spacial score (nSPS) is 27.8. The van der Waals surface area contributed by atoms with Crippen molar-refractivity contribution in [2.75, 3.05) is 26.7 Å². The molecule has 2 aromatic carbocycles. The van der Waals surface area contributed by atoms with Gasteiger partial charge in [-0.1, -0.05) is 75.8 Å².